The van der Waals surface area contributed by atoms with Crippen molar-refractivity contribution in [2.75, 3.05) is 14.4 Å². The van der Waals surface area contributed by atoms with Crippen molar-refractivity contribution in [3.63, 3.8) is 0 Å². The molecule has 0 unspecified atom stereocenters. The molecule has 1 aromatic heterocycles. The first-order chi connectivity index (χ1) is 25.9. The van der Waals surface area contributed by atoms with Crippen LogP contribution in [-0.2, 0) is 0 Å². The van der Waals surface area contributed by atoms with Crippen LogP contribution in [0.25, 0.3) is 44.5 Å². The molecule has 0 saturated heterocycles. The topological polar surface area (TPSA) is 22.6 Å². The summed E-state index contributed by atoms with van der Waals surface area (Å²) >= 11 is 0. The van der Waals surface area contributed by atoms with Gasteiger partial charge in [0.05, 0.1) is 17.1 Å². The summed E-state index contributed by atoms with van der Waals surface area (Å²) in [6, 6.07) is 69.6. The predicted octanol–water partition coefficient (Wildman–Crippen LogP) is 12.2. The summed E-state index contributed by atoms with van der Waals surface area (Å²) in [4.78, 5) is 12.6. The molecule has 0 atom stereocenters. The van der Waals surface area contributed by atoms with E-state index >= 15 is 0 Å². The van der Waals surface area contributed by atoms with Gasteiger partial charge >= 0.3 is 7.12 Å². The van der Waals surface area contributed by atoms with Crippen LogP contribution in [0.5, 0.6) is 0 Å². The van der Waals surface area contributed by atoms with Crippen LogP contribution < -0.4 is 14.4 Å². The molecule has 0 N–H and O–H groups in total. The van der Waals surface area contributed by atoms with Gasteiger partial charge < -0.3 is 14.4 Å². The first kappa shape index (κ1) is 30.0. The molecule has 0 saturated carbocycles. The Morgan fingerprint density at radius 3 is 1.08 bits per heavy atom. The maximum atomic E-state index is 5.13. The van der Waals surface area contributed by atoms with Crippen molar-refractivity contribution in [2.45, 2.75) is 0 Å². The second-order valence-corrected chi connectivity index (χ2v) is 13.2. The molecule has 4 nitrogen and oxygen atoms in total. The Labute approximate surface area is 304 Å². The van der Waals surface area contributed by atoms with Gasteiger partial charge in [-0.25, -0.2) is 4.98 Å². The third-order valence-electron chi connectivity index (χ3n) is 10.2. The number of para-hydroxylation sites is 4. The van der Waals surface area contributed by atoms with Gasteiger partial charge in [-0.05, 0) is 46.5 Å². The molecule has 10 rings (SSSR count). The first-order valence-electron chi connectivity index (χ1n) is 17.8. The van der Waals surface area contributed by atoms with Gasteiger partial charge in [0.2, 0.25) is 0 Å². The smallest absolute Gasteiger partial charge is 0.342 e. The highest BCUT2D eigenvalue weighted by atomic mass is 15.5. The van der Waals surface area contributed by atoms with Crippen LogP contribution in [0.1, 0.15) is 0 Å². The molecule has 0 amide bonds. The third-order valence-corrected chi connectivity index (χ3v) is 10.2. The molecular weight excluding hydrogens is 631 g/mol. The Kier molecular flexibility index (Phi) is 7.21. The molecular formula is C47H33BN4. The lowest BCUT2D eigenvalue weighted by Crippen LogP contribution is -2.52. The molecule has 52 heavy (non-hydrogen) atoms. The molecule has 8 aromatic rings. The van der Waals surface area contributed by atoms with Gasteiger partial charge in [0.1, 0.15) is 5.82 Å². The minimum atomic E-state index is -0.304. The third kappa shape index (κ3) is 4.74. The highest BCUT2D eigenvalue weighted by Crippen LogP contribution is 2.59. The number of nitrogens with zero attached hydrogens (tertiary/aromatic N) is 4. The summed E-state index contributed by atoms with van der Waals surface area (Å²) in [6.45, 7) is 0. The minimum Gasteiger partial charge on any atom is -0.342 e. The average molecular weight is 665 g/mol. The maximum absolute atomic E-state index is 5.13. The molecule has 0 fully saturated rings. The van der Waals surface area contributed by atoms with E-state index in [2.05, 4.69) is 209 Å². The zero-order valence-corrected chi connectivity index (χ0v) is 28.4. The van der Waals surface area contributed by atoms with Crippen molar-refractivity contribution in [1.82, 2.24) is 4.98 Å². The van der Waals surface area contributed by atoms with Crippen LogP contribution in [0.15, 0.2) is 200 Å². The van der Waals surface area contributed by atoms with Crippen molar-refractivity contribution in [2.24, 2.45) is 0 Å². The van der Waals surface area contributed by atoms with Crippen molar-refractivity contribution in [3.8, 4) is 44.5 Å². The van der Waals surface area contributed by atoms with E-state index in [1.807, 2.05) is 6.20 Å². The van der Waals surface area contributed by atoms with Gasteiger partial charge in [0, 0.05) is 39.8 Å². The van der Waals surface area contributed by atoms with Gasteiger partial charge in [-0.1, -0.05) is 170 Å². The van der Waals surface area contributed by atoms with Gasteiger partial charge in [-0.2, -0.15) is 0 Å². The summed E-state index contributed by atoms with van der Waals surface area (Å²) in [6.07, 6.45) is 1.92. The quantitative estimate of drug-likeness (QED) is 0.165. The van der Waals surface area contributed by atoms with Crippen molar-refractivity contribution in [1.29, 1.82) is 0 Å². The van der Waals surface area contributed by atoms with Crippen LogP contribution in [0.2, 0.25) is 0 Å². The average Bonchev–Trinajstić information content (AvgIpc) is 3.74. The number of hydrogen-bond acceptors (Lipinski definition) is 4. The molecule has 2 aliphatic heterocycles. The fourth-order valence-electron chi connectivity index (χ4n) is 8.06. The SMILES string of the molecule is c1ccc(-c2cccc(-c3ccccc3)c2N2B3N(c4ccccc42)c2ncccc2N3c2c(-c3ccccc3)cccc2-c2ccccc2)cc1. The Bertz CT molecular complexity index is 2250. The number of rotatable bonds is 6. The van der Waals surface area contributed by atoms with Crippen molar-refractivity contribution >= 4 is 41.4 Å². The van der Waals surface area contributed by atoms with E-state index in [1.54, 1.807) is 0 Å². The monoisotopic (exact) mass is 664 g/mol. The Morgan fingerprint density at radius 2 is 0.654 bits per heavy atom. The van der Waals surface area contributed by atoms with E-state index in [9.17, 15) is 0 Å². The number of hydrogen-bond donors (Lipinski definition) is 0. The van der Waals surface area contributed by atoms with E-state index in [1.165, 1.54) is 22.3 Å². The molecule has 5 heteroatoms. The van der Waals surface area contributed by atoms with Gasteiger partial charge in [0.25, 0.3) is 0 Å². The molecule has 0 radical (unpaired) electrons. The molecule has 0 aliphatic carbocycles. The zero-order chi connectivity index (χ0) is 34.4. The molecule has 0 bridgehead atoms. The van der Waals surface area contributed by atoms with Gasteiger partial charge in [-0.3, -0.25) is 0 Å². The minimum absolute atomic E-state index is 0.304. The van der Waals surface area contributed by atoms with Crippen LogP contribution in [-0.4, -0.2) is 12.1 Å². The zero-order valence-electron chi connectivity index (χ0n) is 28.4. The van der Waals surface area contributed by atoms with Crippen LogP contribution >= 0.6 is 0 Å². The standard InChI is InChI=1S/C47H33BN4/c1-5-18-34(19-6-1)38-26-15-27-39(35-20-7-2-8-21-35)45(38)50-42-30-13-14-31-43(42)52-47-44(32-17-33-49-47)51(48(50)52)46-40(36-22-9-3-10-23-36)28-16-29-41(46)37-24-11-4-12-25-37/h1-33H. The Morgan fingerprint density at radius 1 is 0.308 bits per heavy atom. The number of fused-ring (bicyclic) bond motifs is 5. The lowest BCUT2D eigenvalue weighted by molar-refractivity contribution is 1.27. The fraction of sp³-hybridized carbons (Fsp3) is 0. The first-order valence-corrected chi connectivity index (χ1v) is 17.8. The normalized spacial score (nSPS) is 12.8. The Hall–Kier alpha value is -6.85. The van der Waals surface area contributed by atoms with E-state index in [0.717, 1.165) is 56.5 Å². The molecule has 0 spiro atoms. The summed E-state index contributed by atoms with van der Waals surface area (Å²) in [7, 11) is -0.304. The number of anilines is 6. The summed E-state index contributed by atoms with van der Waals surface area (Å²) in [5.41, 5.74) is 14.9. The van der Waals surface area contributed by atoms with E-state index in [-0.39, 0.29) is 7.12 Å². The summed E-state index contributed by atoms with van der Waals surface area (Å²) in [5, 5.41) is 0. The van der Waals surface area contributed by atoms with Gasteiger partial charge in [-0.15, -0.1) is 0 Å². The Balaban J connectivity index is 1.31. The summed E-state index contributed by atoms with van der Waals surface area (Å²) < 4.78 is 0. The lowest BCUT2D eigenvalue weighted by Gasteiger charge is -2.36. The predicted molar refractivity (Wildman–Crippen MR) is 217 cm³/mol. The molecule has 3 heterocycles. The van der Waals surface area contributed by atoms with E-state index in [0.29, 0.717) is 0 Å². The number of pyridine rings is 1. The molecule has 7 aromatic carbocycles. The second kappa shape index (κ2) is 12.5. The molecule has 244 valence electrons. The van der Waals surface area contributed by atoms with Crippen LogP contribution in [0, 0.1) is 0 Å². The molecule has 2 aliphatic rings. The maximum Gasteiger partial charge on any atom is 0.520 e. The lowest BCUT2D eigenvalue weighted by atomic mass is 9.81. The summed E-state index contributed by atoms with van der Waals surface area (Å²) in [5.74, 6) is 0.933. The van der Waals surface area contributed by atoms with Gasteiger partial charge in [0.15, 0.2) is 0 Å². The van der Waals surface area contributed by atoms with E-state index < -0.39 is 0 Å². The van der Waals surface area contributed by atoms with Crippen molar-refractivity contribution in [3.05, 3.63) is 200 Å². The highest BCUT2D eigenvalue weighted by Gasteiger charge is 2.55. The second-order valence-electron chi connectivity index (χ2n) is 13.2. The number of aromatic nitrogens is 1. The van der Waals surface area contributed by atoms with Crippen LogP contribution in [0.4, 0.5) is 34.3 Å². The van der Waals surface area contributed by atoms with Crippen molar-refractivity contribution < 1.29 is 0 Å². The number of benzene rings is 7. The highest BCUT2D eigenvalue weighted by molar-refractivity contribution is 6.80. The van der Waals surface area contributed by atoms with E-state index in [4.69, 9.17) is 4.98 Å². The van der Waals surface area contributed by atoms with Crippen LogP contribution in [0.3, 0.4) is 0 Å². The largest absolute Gasteiger partial charge is 0.520 e. The fourth-order valence-corrected chi connectivity index (χ4v) is 8.06.